The van der Waals surface area contributed by atoms with E-state index in [2.05, 4.69) is 36.9 Å². The lowest BCUT2D eigenvalue weighted by Gasteiger charge is -2.37. The van der Waals surface area contributed by atoms with Gasteiger partial charge in [-0.15, -0.1) is 0 Å². The fourth-order valence-corrected chi connectivity index (χ4v) is 3.94. The molecule has 0 radical (unpaired) electrons. The molecule has 0 aliphatic heterocycles. The average Bonchev–Trinajstić information content (AvgIpc) is 3.10. The van der Waals surface area contributed by atoms with E-state index in [1.807, 2.05) is 24.3 Å². The van der Waals surface area contributed by atoms with Crippen molar-refractivity contribution in [2.75, 3.05) is 0 Å². The Kier molecular flexibility index (Phi) is 4.54. The highest BCUT2D eigenvalue weighted by molar-refractivity contribution is 6.30. The van der Waals surface area contributed by atoms with Crippen LogP contribution in [0.3, 0.4) is 0 Å². The predicted octanol–water partition coefficient (Wildman–Crippen LogP) is 4.20. The molecule has 1 saturated carbocycles. The average molecular weight is 346 g/mol. The van der Waals surface area contributed by atoms with Crippen molar-refractivity contribution < 1.29 is 5.11 Å². The summed E-state index contributed by atoms with van der Waals surface area (Å²) in [5, 5.41) is 16.6. The summed E-state index contributed by atoms with van der Waals surface area (Å²) in [5.41, 5.74) is 0.939. The van der Waals surface area contributed by atoms with Crippen LogP contribution in [0.5, 0.6) is 0 Å². The standard InChI is InChI=1S/C19H24ClN3O/c1-4-15-10-18(2,3)19(24,11-23-13-21-12-22-23)17(15)9-14-5-7-16(20)8-6-14/h5-9,12-13,15,24H,4,10-11H2,1-3H3/b17-9-. The summed E-state index contributed by atoms with van der Waals surface area (Å²) in [6.07, 6.45) is 7.24. The first-order valence-electron chi connectivity index (χ1n) is 8.38. The van der Waals surface area contributed by atoms with Crippen molar-refractivity contribution in [2.24, 2.45) is 11.3 Å². The second-order valence-corrected chi connectivity index (χ2v) is 7.73. The molecule has 2 aromatic rings. The largest absolute Gasteiger partial charge is 0.383 e. The molecule has 128 valence electrons. The first kappa shape index (κ1) is 17.2. The fourth-order valence-electron chi connectivity index (χ4n) is 3.82. The fraction of sp³-hybridized carbons (Fsp3) is 0.474. The molecule has 2 atom stereocenters. The SMILES string of the molecule is CCC1CC(C)(C)C(O)(Cn2cncn2)/C1=C\c1ccc(Cl)cc1. The Bertz CT molecular complexity index is 722. The van der Waals surface area contributed by atoms with E-state index in [0.717, 1.165) is 24.0 Å². The zero-order valence-electron chi connectivity index (χ0n) is 14.4. The zero-order valence-corrected chi connectivity index (χ0v) is 15.2. The normalized spacial score (nSPS) is 27.7. The van der Waals surface area contributed by atoms with Gasteiger partial charge in [-0.2, -0.15) is 5.10 Å². The van der Waals surface area contributed by atoms with E-state index in [0.29, 0.717) is 17.5 Å². The number of benzene rings is 1. The van der Waals surface area contributed by atoms with E-state index in [-0.39, 0.29) is 5.41 Å². The Balaban J connectivity index is 2.05. The van der Waals surface area contributed by atoms with Gasteiger partial charge in [0.1, 0.15) is 18.3 Å². The second-order valence-electron chi connectivity index (χ2n) is 7.30. The highest BCUT2D eigenvalue weighted by Crippen LogP contribution is 2.54. The lowest BCUT2D eigenvalue weighted by molar-refractivity contribution is -0.0298. The molecule has 1 aliphatic carbocycles. The van der Waals surface area contributed by atoms with Crippen LogP contribution in [0.2, 0.25) is 5.02 Å². The van der Waals surface area contributed by atoms with Crippen LogP contribution in [0, 0.1) is 11.3 Å². The molecule has 2 unspecified atom stereocenters. The van der Waals surface area contributed by atoms with Gasteiger partial charge in [-0.1, -0.05) is 50.6 Å². The molecule has 5 heteroatoms. The van der Waals surface area contributed by atoms with Gasteiger partial charge in [-0.05, 0) is 47.4 Å². The Hall–Kier alpha value is -1.65. The van der Waals surface area contributed by atoms with E-state index in [4.69, 9.17) is 11.6 Å². The molecule has 0 saturated heterocycles. The zero-order chi connectivity index (χ0) is 17.4. The number of aromatic nitrogens is 3. The van der Waals surface area contributed by atoms with Crippen molar-refractivity contribution in [3.8, 4) is 0 Å². The molecule has 0 amide bonds. The van der Waals surface area contributed by atoms with E-state index in [1.165, 1.54) is 6.33 Å². The molecule has 0 bridgehead atoms. The predicted molar refractivity (Wildman–Crippen MR) is 96.6 cm³/mol. The maximum absolute atomic E-state index is 11.7. The molecule has 24 heavy (non-hydrogen) atoms. The minimum Gasteiger partial charge on any atom is -0.383 e. The highest BCUT2D eigenvalue weighted by Gasteiger charge is 2.55. The molecule has 1 aromatic carbocycles. The van der Waals surface area contributed by atoms with Gasteiger partial charge in [-0.25, -0.2) is 9.67 Å². The number of rotatable bonds is 4. The molecule has 4 nitrogen and oxygen atoms in total. The van der Waals surface area contributed by atoms with Crippen LogP contribution >= 0.6 is 11.6 Å². The van der Waals surface area contributed by atoms with Gasteiger partial charge < -0.3 is 5.11 Å². The smallest absolute Gasteiger partial charge is 0.137 e. The van der Waals surface area contributed by atoms with E-state index in [9.17, 15) is 5.11 Å². The van der Waals surface area contributed by atoms with E-state index >= 15 is 0 Å². The summed E-state index contributed by atoms with van der Waals surface area (Å²) in [5.74, 6) is 0.351. The summed E-state index contributed by atoms with van der Waals surface area (Å²) in [7, 11) is 0. The summed E-state index contributed by atoms with van der Waals surface area (Å²) in [6.45, 7) is 6.86. The first-order chi connectivity index (χ1) is 11.4. The van der Waals surface area contributed by atoms with Crippen LogP contribution in [-0.2, 0) is 6.54 Å². The maximum atomic E-state index is 11.7. The highest BCUT2D eigenvalue weighted by atomic mass is 35.5. The number of halogens is 1. The van der Waals surface area contributed by atoms with Crippen LogP contribution in [0.4, 0.5) is 0 Å². The first-order valence-corrected chi connectivity index (χ1v) is 8.76. The van der Waals surface area contributed by atoms with Gasteiger partial charge in [-0.3, -0.25) is 0 Å². The second kappa shape index (κ2) is 6.34. The Labute approximate surface area is 148 Å². The molecule has 3 rings (SSSR count). The number of aliphatic hydroxyl groups is 1. The van der Waals surface area contributed by atoms with Crippen molar-refractivity contribution in [1.82, 2.24) is 14.8 Å². The van der Waals surface area contributed by atoms with Crippen LogP contribution < -0.4 is 0 Å². The van der Waals surface area contributed by atoms with E-state index in [1.54, 1.807) is 11.0 Å². The van der Waals surface area contributed by atoms with Crippen molar-refractivity contribution in [3.63, 3.8) is 0 Å². The molecule has 1 heterocycles. The van der Waals surface area contributed by atoms with Gasteiger partial charge in [0.15, 0.2) is 0 Å². The third kappa shape index (κ3) is 3.01. The minimum atomic E-state index is -0.957. The molecular formula is C19H24ClN3O. The van der Waals surface area contributed by atoms with Gasteiger partial charge in [0.25, 0.3) is 0 Å². The van der Waals surface area contributed by atoms with Crippen LogP contribution in [0.15, 0.2) is 42.5 Å². The summed E-state index contributed by atoms with van der Waals surface area (Å²) < 4.78 is 1.72. The van der Waals surface area contributed by atoms with Gasteiger partial charge in [0.2, 0.25) is 0 Å². The summed E-state index contributed by atoms with van der Waals surface area (Å²) >= 11 is 5.99. The van der Waals surface area contributed by atoms with Crippen LogP contribution in [0.1, 0.15) is 39.2 Å². The number of nitrogens with zero attached hydrogens (tertiary/aromatic N) is 3. The molecule has 1 aliphatic rings. The van der Waals surface area contributed by atoms with Crippen LogP contribution in [0.25, 0.3) is 6.08 Å². The van der Waals surface area contributed by atoms with E-state index < -0.39 is 5.60 Å². The maximum Gasteiger partial charge on any atom is 0.137 e. The van der Waals surface area contributed by atoms with Crippen LogP contribution in [-0.4, -0.2) is 25.5 Å². The molecule has 0 spiro atoms. The Morgan fingerprint density at radius 1 is 1.33 bits per heavy atom. The molecular weight excluding hydrogens is 322 g/mol. The van der Waals surface area contributed by atoms with Gasteiger partial charge in [0, 0.05) is 5.02 Å². The minimum absolute atomic E-state index is 0.238. The van der Waals surface area contributed by atoms with Gasteiger partial charge in [0.05, 0.1) is 6.54 Å². The van der Waals surface area contributed by atoms with Crippen molar-refractivity contribution in [2.45, 2.75) is 45.8 Å². The lowest BCUT2D eigenvalue weighted by atomic mass is 9.76. The quantitative estimate of drug-likeness (QED) is 0.903. The molecule has 1 aromatic heterocycles. The third-order valence-electron chi connectivity index (χ3n) is 5.34. The van der Waals surface area contributed by atoms with Gasteiger partial charge >= 0.3 is 0 Å². The summed E-state index contributed by atoms with van der Waals surface area (Å²) in [6, 6.07) is 7.74. The number of hydrogen-bond acceptors (Lipinski definition) is 3. The third-order valence-corrected chi connectivity index (χ3v) is 5.59. The molecule has 1 N–H and O–H groups in total. The van der Waals surface area contributed by atoms with Crippen molar-refractivity contribution in [1.29, 1.82) is 0 Å². The van der Waals surface area contributed by atoms with Crippen molar-refractivity contribution in [3.05, 3.63) is 53.1 Å². The monoisotopic (exact) mass is 345 g/mol. The summed E-state index contributed by atoms with van der Waals surface area (Å²) in [4.78, 5) is 4.01. The number of hydrogen-bond donors (Lipinski definition) is 1. The topological polar surface area (TPSA) is 50.9 Å². The lowest BCUT2D eigenvalue weighted by Crippen LogP contribution is -2.45. The Morgan fingerprint density at radius 2 is 2.04 bits per heavy atom. The molecule has 1 fully saturated rings. The Morgan fingerprint density at radius 3 is 2.62 bits per heavy atom. The van der Waals surface area contributed by atoms with Crippen molar-refractivity contribution >= 4 is 17.7 Å².